The summed E-state index contributed by atoms with van der Waals surface area (Å²) in [5, 5.41) is 9.38. The Labute approximate surface area is 126 Å². The molecule has 4 heteroatoms. The molecule has 0 fully saturated rings. The number of benzene rings is 1. The maximum absolute atomic E-state index is 8.66. The highest BCUT2D eigenvalue weighted by molar-refractivity contribution is 6.30. The molecule has 1 aromatic rings. The van der Waals surface area contributed by atoms with Crippen LogP contribution in [0.5, 0.6) is 0 Å². The zero-order valence-electron chi connectivity index (χ0n) is 12.1. The van der Waals surface area contributed by atoms with Crippen LogP contribution >= 0.6 is 11.6 Å². The number of aliphatic hydroxyl groups excluding tert-OH is 1. The SMILES string of the molecule is CC(C)N(CC#Cc1ccc(Cl)cc1)CCOCCO. The van der Waals surface area contributed by atoms with Crippen LogP contribution in [0.3, 0.4) is 0 Å². The van der Waals surface area contributed by atoms with Gasteiger partial charge in [0.1, 0.15) is 0 Å². The lowest BCUT2D eigenvalue weighted by Gasteiger charge is -2.23. The molecule has 1 rings (SSSR count). The van der Waals surface area contributed by atoms with E-state index in [9.17, 15) is 0 Å². The maximum atomic E-state index is 8.66. The lowest BCUT2D eigenvalue weighted by atomic mass is 10.2. The molecule has 0 bridgehead atoms. The van der Waals surface area contributed by atoms with Crippen molar-refractivity contribution >= 4 is 11.6 Å². The highest BCUT2D eigenvalue weighted by Crippen LogP contribution is 2.08. The number of aliphatic hydroxyl groups is 1. The molecule has 3 nitrogen and oxygen atoms in total. The normalized spacial score (nSPS) is 10.7. The van der Waals surface area contributed by atoms with Crippen molar-refractivity contribution in [2.24, 2.45) is 0 Å². The van der Waals surface area contributed by atoms with Gasteiger partial charge in [-0.3, -0.25) is 4.90 Å². The standard InChI is InChI=1S/C16H22ClNO2/c1-14(2)18(10-12-20-13-11-19)9-3-4-15-5-7-16(17)8-6-15/h5-8,14,19H,9-13H2,1-2H3. The molecule has 0 unspecified atom stereocenters. The zero-order valence-corrected chi connectivity index (χ0v) is 12.9. The van der Waals surface area contributed by atoms with Gasteiger partial charge in [-0.05, 0) is 38.1 Å². The molecule has 0 radical (unpaired) electrons. The minimum absolute atomic E-state index is 0.0675. The molecular weight excluding hydrogens is 274 g/mol. The number of hydrogen-bond donors (Lipinski definition) is 1. The Kier molecular flexibility index (Phi) is 8.32. The first-order valence-corrected chi connectivity index (χ1v) is 7.18. The van der Waals surface area contributed by atoms with Crippen LogP contribution in [-0.4, -0.2) is 49.0 Å². The van der Waals surface area contributed by atoms with Crippen molar-refractivity contribution in [2.75, 3.05) is 32.9 Å². The van der Waals surface area contributed by atoms with Gasteiger partial charge in [0.05, 0.1) is 26.4 Å². The summed E-state index contributed by atoms with van der Waals surface area (Å²) in [4.78, 5) is 2.24. The third-order valence-electron chi connectivity index (χ3n) is 2.85. The van der Waals surface area contributed by atoms with Crippen molar-refractivity contribution in [3.8, 4) is 11.8 Å². The molecule has 0 heterocycles. The summed E-state index contributed by atoms with van der Waals surface area (Å²) in [6.07, 6.45) is 0. The van der Waals surface area contributed by atoms with Crippen LogP contribution in [0.4, 0.5) is 0 Å². The number of ether oxygens (including phenoxy) is 1. The van der Waals surface area contributed by atoms with E-state index < -0.39 is 0 Å². The summed E-state index contributed by atoms with van der Waals surface area (Å²) in [6.45, 7) is 6.85. The van der Waals surface area contributed by atoms with Crippen molar-refractivity contribution in [1.82, 2.24) is 4.90 Å². The monoisotopic (exact) mass is 295 g/mol. The first-order chi connectivity index (χ1) is 9.63. The smallest absolute Gasteiger partial charge is 0.0698 e. The topological polar surface area (TPSA) is 32.7 Å². The predicted molar refractivity (Wildman–Crippen MR) is 82.9 cm³/mol. The molecule has 0 atom stereocenters. The highest BCUT2D eigenvalue weighted by Gasteiger charge is 2.07. The second-order valence-corrected chi connectivity index (χ2v) is 5.15. The molecule has 0 amide bonds. The van der Waals surface area contributed by atoms with Crippen LogP contribution < -0.4 is 0 Å². The Morgan fingerprint density at radius 3 is 2.55 bits per heavy atom. The van der Waals surface area contributed by atoms with Gasteiger partial charge in [0.25, 0.3) is 0 Å². The fourth-order valence-corrected chi connectivity index (χ4v) is 1.77. The van der Waals surface area contributed by atoms with Gasteiger partial charge in [0.15, 0.2) is 0 Å². The Morgan fingerprint density at radius 2 is 1.95 bits per heavy atom. The molecule has 0 saturated heterocycles. The van der Waals surface area contributed by atoms with Crippen molar-refractivity contribution < 1.29 is 9.84 Å². The summed E-state index contributed by atoms with van der Waals surface area (Å²) < 4.78 is 5.29. The molecule has 0 saturated carbocycles. The van der Waals surface area contributed by atoms with E-state index in [4.69, 9.17) is 21.4 Å². The number of rotatable bonds is 7. The van der Waals surface area contributed by atoms with Gasteiger partial charge >= 0.3 is 0 Å². The van der Waals surface area contributed by atoms with Gasteiger partial charge in [-0.1, -0.05) is 23.4 Å². The van der Waals surface area contributed by atoms with E-state index in [0.29, 0.717) is 25.8 Å². The molecule has 0 aliphatic rings. The first kappa shape index (κ1) is 17.0. The molecule has 110 valence electrons. The van der Waals surface area contributed by atoms with E-state index in [1.165, 1.54) is 0 Å². The fraction of sp³-hybridized carbons (Fsp3) is 0.500. The minimum Gasteiger partial charge on any atom is -0.394 e. The fourth-order valence-electron chi connectivity index (χ4n) is 1.64. The average Bonchev–Trinajstić information content (AvgIpc) is 2.43. The van der Waals surface area contributed by atoms with Crippen LogP contribution in [0.15, 0.2) is 24.3 Å². The van der Waals surface area contributed by atoms with Gasteiger partial charge < -0.3 is 9.84 Å². The van der Waals surface area contributed by atoms with Gasteiger partial charge in [-0.25, -0.2) is 0 Å². The Hall–Kier alpha value is -1.05. The predicted octanol–water partition coefficient (Wildman–Crippen LogP) is 2.41. The lowest BCUT2D eigenvalue weighted by Crippen LogP contribution is -2.34. The molecule has 1 aromatic carbocycles. The molecule has 1 N–H and O–H groups in total. The summed E-state index contributed by atoms with van der Waals surface area (Å²) >= 11 is 5.83. The van der Waals surface area contributed by atoms with E-state index in [-0.39, 0.29) is 6.61 Å². The quantitative estimate of drug-likeness (QED) is 0.619. The van der Waals surface area contributed by atoms with E-state index in [0.717, 1.165) is 17.1 Å². The van der Waals surface area contributed by atoms with Gasteiger partial charge in [0, 0.05) is 23.2 Å². The second-order valence-electron chi connectivity index (χ2n) is 4.71. The van der Waals surface area contributed by atoms with Crippen molar-refractivity contribution in [1.29, 1.82) is 0 Å². The van der Waals surface area contributed by atoms with Crippen LogP contribution in [0.25, 0.3) is 0 Å². The molecule has 0 aliphatic carbocycles. The molecule has 0 aliphatic heterocycles. The van der Waals surface area contributed by atoms with Crippen LogP contribution in [-0.2, 0) is 4.74 Å². The Balaban J connectivity index is 2.44. The number of nitrogens with zero attached hydrogens (tertiary/aromatic N) is 1. The Bertz CT molecular complexity index is 434. The van der Waals surface area contributed by atoms with Gasteiger partial charge in [-0.15, -0.1) is 0 Å². The molecule has 0 spiro atoms. The molecule has 0 aromatic heterocycles. The van der Waals surface area contributed by atoms with Crippen LogP contribution in [0.2, 0.25) is 5.02 Å². The van der Waals surface area contributed by atoms with Crippen molar-refractivity contribution in [3.63, 3.8) is 0 Å². The van der Waals surface area contributed by atoms with Crippen molar-refractivity contribution in [3.05, 3.63) is 34.9 Å². The molecule has 20 heavy (non-hydrogen) atoms. The highest BCUT2D eigenvalue weighted by atomic mass is 35.5. The summed E-state index contributed by atoms with van der Waals surface area (Å²) in [5.41, 5.74) is 0.967. The van der Waals surface area contributed by atoms with E-state index in [2.05, 4.69) is 30.6 Å². The summed E-state index contributed by atoms with van der Waals surface area (Å²) in [5.74, 6) is 6.30. The van der Waals surface area contributed by atoms with Gasteiger partial charge in [0.2, 0.25) is 0 Å². The number of hydrogen-bond acceptors (Lipinski definition) is 3. The maximum Gasteiger partial charge on any atom is 0.0698 e. The van der Waals surface area contributed by atoms with E-state index >= 15 is 0 Å². The summed E-state index contributed by atoms with van der Waals surface area (Å²) in [6, 6.07) is 7.93. The number of halogens is 1. The third kappa shape index (κ3) is 6.93. The largest absolute Gasteiger partial charge is 0.394 e. The minimum atomic E-state index is 0.0675. The zero-order chi connectivity index (χ0) is 14.8. The Morgan fingerprint density at radius 1 is 1.25 bits per heavy atom. The van der Waals surface area contributed by atoms with Crippen LogP contribution in [0.1, 0.15) is 19.4 Å². The van der Waals surface area contributed by atoms with E-state index in [1.807, 2.05) is 24.3 Å². The third-order valence-corrected chi connectivity index (χ3v) is 3.10. The average molecular weight is 296 g/mol. The first-order valence-electron chi connectivity index (χ1n) is 6.80. The molecular formula is C16H22ClNO2. The second kappa shape index (κ2) is 9.79. The lowest BCUT2D eigenvalue weighted by molar-refractivity contribution is 0.0704. The van der Waals surface area contributed by atoms with Gasteiger partial charge in [-0.2, -0.15) is 0 Å². The van der Waals surface area contributed by atoms with Crippen LogP contribution in [0, 0.1) is 11.8 Å². The summed E-state index contributed by atoms with van der Waals surface area (Å²) in [7, 11) is 0. The van der Waals surface area contributed by atoms with E-state index in [1.54, 1.807) is 0 Å². The van der Waals surface area contributed by atoms with Crippen molar-refractivity contribution in [2.45, 2.75) is 19.9 Å².